The number of aromatic nitrogens is 4. The highest BCUT2D eigenvalue weighted by Crippen LogP contribution is 2.43. The summed E-state index contributed by atoms with van der Waals surface area (Å²) < 4.78 is 12.8. The van der Waals surface area contributed by atoms with Crippen LogP contribution in [0.5, 0.6) is 11.5 Å². The van der Waals surface area contributed by atoms with E-state index in [-0.39, 0.29) is 11.1 Å². The Bertz CT molecular complexity index is 1980. The van der Waals surface area contributed by atoms with Crippen molar-refractivity contribution in [2.75, 3.05) is 7.11 Å². The number of hydrogen-bond donors (Lipinski definition) is 4. The van der Waals surface area contributed by atoms with Gasteiger partial charge in [0.15, 0.2) is 11.5 Å². The highest BCUT2D eigenvalue weighted by molar-refractivity contribution is 14.1. The molecule has 0 bridgehead atoms. The van der Waals surface area contributed by atoms with Crippen molar-refractivity contribution in [2.45, 2.75) is 26.4 Å². The van der Waals surface area contributed by atoms with E-state index >= 15 is 0 Å². The minimum absolute atomic E-state index is 0.302. The van der Waals surface area contributed by atoms with Crippen LogP contribution in [0.2, 0.25) is 5.02 Å². The summed E-state index contributed by atoms with van der Waals surface area (Å²) >= 11 is 8.26. The van der Waals surface area contributed by atoms with Gasteiger partial charge in [-0.05, 0) is 83.0 Å². The lowest BCUT2D eigenvalue weighted by Crippen LogP contribution is -2.20. The van der Waals surface area contributed by atoms with Gasteiger partial charge < -0.3 is 9.47 Å². The fourth-order valence-corrected chi connectivity index (χ4v) is 6.35. The highest BCUT2D eigenvalue weighted by atomic mass is 127. The van der Waals surface area contributed by atoms with Crippen LogP contribution in [0.25, 0.3) is 22.5 Å². The number of rotatable bonds is 9. The summed E-state index contributed by atoms with van der Waals surface area (Å²) in [7, 11) is 1.57. The lowest BCUT2D eigenvalue weighted by atomic mass is 9.83. The third kappa shape index (κ3) is 6.23. The molecule has 0 spiro atoms. The maximum absolute atomic E-state index is 13.7. The van der Waals surface area contributed by atoms with Crippen molar-refractivity contribution in [2.24, 2.45) is 0 Å². The number of aryl methyl sites for hydroxylation is 2. The maximum Gasteiger partial charge on any atom is 0.268 e. The molecule has 0 unspecified atom stereocenters. The number of ether oxygens (including phenoxy) is 2. The number of nitrogens with one attached hydrogen (secondary N) is 4. The van der Waals surface area contributed by atoms with E-state index in [0.29, 0.717) is 51.2 Å². The van der Waals surface area contributed by atoms with Gasteiger partial charge in [-0.15, -0.1) is 0 Å². The molecule has 228 valence electrons. The van der Waals surface area contributed by atoms with Gasteiger partial charge in [0, 0.05) is 10.9 Å². The Morgan fingerprint density at radius 2 is 1.24 bits per heavy atom. The Hall–Kier alpha value is -4.48. The molecule has 4 N–H and O–H groups in total. The molecule has 0 radical (unpaired) electrons. The van der Waals surface area contributed by atoms with Gasteiger partial charge in [-0.25, -0.2) is 0 Å². The monoisotopic (exact) mass is 732 g/mol. The predicted octanol–water partition coefficient (Wildman–Crippen LogP) is 7.70. The molecule has 0 saturated carbocycles. The van der Waals surface area contributed by atoms with Crippen molar-refractivity contribution >= 4 is 34.2 Å². The zero-order valence-electron chi connectivity index (χ0n) is 24.8. The Morgan fingerprint density at radius 3 is 1.73 bits per heavy atom. The zero-order valence-corrected chi connectivity index (χ0v) is 27.7. The van der Waals surface area contributed by atoms with Crippen molar-refractivity contribution < 1.29 is 9.47 Å². The summed E-state index contributed by atoms with van der Waals surface area (Å²) in [6, 6.07) is 27.0. The molecular formula is C35H30ClIN4O4. The van der Waals surface area contributed by atoms with E-state index in [2.05, 4.69) is 43.0 Å². The number of hydrogen-bond acceptors (Lipinski definition) is 4. The van der Waals surface area contributed by atoms with Crippen LogP contribution in [-0.2, 0) is 6.61 Å². The fraction of sp³-hybridized carbons (Fsp3) is 0.143. The minimum atomic E-state index is -0.782. The topological polar surface area (TPSA) is 116 Å². The highest BCUT2D eigenvalue weighted by Gasteiger charge is 2.32. The number of benzene rings is 4. The van der Waals surface area contributed by atoms with Gasteiger partial charge in [0.1, 0.15) is 6.61 Å². The van der Waals surface area contributed by atoms with E-state index in [4.69, 9.17) is 21.1 Å². The molecular weight excluding hydrogens is 703 g/mol. The average Bonchev–Trinajstić information content (AvgIpc) is 3.60. The largest absolute Gasteiger partial charge is 0.493 e. The van der Waals surface area contributed by atoms with Crippen LogP contribution in [0, 0.1) is 17.4 Å². The van der Waals surface area contributed by atoms with Crippen LogP contribution in [-0.4, -0.2) is 27.5 Å². The van der Waals surface area contributed by atoms with Gasteiger partial charge in [-0.1, -0.05) is 83.4 Å². The quantitative estimate of drug-likeness (QED) is 0.114. The van der Waals surface area contributed by atoms with Gasteiger partial charge in [0.2, 0.25) is 0 Å². The van der Waals surface area contributed by atoms with Crippen molar-refractivity contribution in [3.05, 3.63) is 148 Å². The summed E-state index contributed by atoms with van der Waals surface area (Å²) in [6.07, 6.45) is 0. The van der Waals surface area contributed by atoms with E-state index in [0.717, 1.165) is 31.4 Å². The summed E-state index contributed by atoms with van der Waals surface area (Å²) in [4.78, 5) is 27.4. The molecule has 8 nitrogen and oxygen atoms in total. The molecule has 0 aliphatic rings. The first-order chi connectivity index (χ1) is 21.7. The van der Waals surface area contributed by atoms with E-state index < -0.39 is 5.92 Å². The van der Waals surface area contributed by atoms with Crippen molar-refractivity contribution in [3.8, 4) is 34.0 Å². The van der Waals surface area contributed by atoms with Gasteiger partial charge in [-0.3, -0.25) is 30.0 Å². The van der Waals surface area contributed by atoms with Crippen molar-refractivity contribution in [1.29, 1.82) is 0 Å². The van der Waals surface area contributed by atoms with Crippen LogP contribution in [0.3, 0.4) is 0 Å². The summed E-state index contributed by atoms with van der Waals surface area (Å²) in [5.41, 5.74) is 6.78. The molecule has 0 aliphatic carbocycles. The summed E-state index contributed by atoms with van der Waals surface area (Å²) in [5.74, 6) is 0.248. The number of aromatic amines is 4. The molecule has 0 atom stereocenters. The third-order valence-electron chi connectivity index (χ3n) is 7.77. The molecule has 6 aromatic rings. The molecule has 0 saturated heterocycles. The lowest BCUT2D eigenvalue weighted by molar-refractivity contribution is 0.282. The van der Waals surface area contributed by atoms with Crippen LogP contribution < -0.4 is 20.6 Å². The fourth-order valence-electron chi connectivity index (χ4n) is 5.44. The van der Waals surface area contributed by atoms with Gasteiger partial charge in [-0.2, -0.15) is 0 Å². The number of methoxy groups -OCH3 is 1. The van der Waals surface area contributed by atoms with Gasteiger partial charge in [0.05, 0.1) is 33.2 Å². The molecule has 0 fully saturated rings. The summed E-state index contributed by atoms with van der Waals surface area (Å²) in [6.45, 7) is 4.31. The van der Waals surface area contributed by atoms with E-state index in [1.807, 2.05) is 98.8 Å². The Balaban J connectivity index is 1.54. The van der Waals surface area contributed by atoms with Crippen LogP contribution in [0.1, 0.15) is 39.3 Å². The SMILES string of the molecule is COc1cc(C(c2c(-c3ccc(C)cc3)[nH][nH]c2=O)c2c(-c3ccc(C)cc3)[nH][nH]c2=O)cc(I)c1OCc1ccc(Cl)cc1. The molecule has 45 heavy (non-hydrogen) atoms. The number of halogens is 2. The lowest BCUT2D eigenvalue weighted by Gasteiger charge is -2.21. The first-order valence-corrected chi connectivity index (χ1v) is 15.7. The normalized spacial score (nSPS) is 11.2. The standard InChI is InChI=1S/C35H30ClIN4O4/c1-19-4-10-22(11-5-19)31-29(34(42)40-38-31)28(30-32(39-41-35(30)43)23-12-6-20(2)7-13-23)24-16-26(37)33(27(17-24)44-3)45-18-21-8-14-25(36)15-9-21/h4-17,28H,18H2,1-3H3,(H2,38,40,42)(H2,39,41,43). The van der Waals surface area contributed by atoms with Crippen molar-refractivity contribution in [1.82, 2.24) is 20.4 Å². The average molecular weight is 733 g/mol. The van der Waals surface area contributed by atoms with Gasteiger partial charge in [0.25, 0.3) is 11.1 Å². The second-order valence-corrected chi connectivity index (χ2v) is 12.4. The Labute approximate surface area is 277 Å². The van der Waals surface area contributed by atoms with E-state index in [9.17, 15) is 9.59 Å². The molecule has 2 aromatic heterocycles. The Kier molecular flexibility index (Phi) is 8.73. The molecule has 2 heterocycles. The molecule has 6 rings (SSSR count). The van der Waals surface area contributed by atoms with Crippen LogP contribution in [0.15, 0.2) is 94.5 Å². The Morgan fingerprint density at radius 1 is 0.733 bits per heavy atom. The second-order valence-electron chi connectivity index (χ2n) is 10.8. The van der Waals surface area contributed by atoms with Crippen LogP contribution in [0.4, 0.5) is 0 Å². The van der Waals surface area contributed by atoms with E-state index in [1.165, 1.54) is 0 Å². The third-order valence-corrected chi connectivity index (χ3v) is 8.82. The molecule has 0 aliphatic heterocycles. The maximum atomic E-state index is 13.7. The number of H-pyrrole nitrogens is 4. The van der Waals surface area contributed by atoms with Crippen molar-refractivity contribution in [3.63, 3.8) is 0 Å². The predicted molar refractivity (Wildman–Crippen MR) is 186 cm³/mol. The van der Waals surface area contributed by atoms with Gasteiger partial charge >= 0.3 is 0 Å². The first-order valence-electron chi connectivity index (χ1n) is 14.2. The first kappa shape index (κ1) is 30.5. The van der Waals surface area contributed by atoms with E-state index in [1.54, 1.807) is 7.11 Å². The second kappa shape index (κ2) is 12.9. The molecule has 4 aromatic carbocycles. The molecule has 0 amide bonds. The minimum Gasteiger partial charge on any atom is -0.493 e. The van der Waals surface area contributed by atoms with Crippen LogP contribution >= 0.6 is 34.2 Å². The summed E-state index contributed by atoms with van der Waals surface area (Å²) in [5, 5.41) is 12.4. The zero-order chi connectivity index (χ0) is 31.7. The smallest absolute Gasteiger partial charge is 0.268 e. The molecule has 10 heteroatoms.